The average molecular weight is 325 g/mol. The number of benzene rings is 1. The van der Waals surface area contributed by atoms with Crippen LogP contribution in [-0.4, -0.2) is 0 Å². The summed E-state index contributed by atoms with van der Waals surface area (Å²) < 4.78 is 13.9. The van der Waals surface area contributed by atoms with Crippen molar-refractivity contribution in [2.24, 2.45) is 5.92 Å². The van der Waals surface area contributed by atoms with E-state index >= 15 is 0 Å². The van der Waals surface area contributed by atoms with Crippen molar-refractivity contribution in [1.82, 2.24) is 0 Å². The maximum absolute atomic E-state index is 13.9. The van der Waals surface area contributed by atoms with Crippen molar-refractivity contribution in [2.75, 3.05) is 0 Å². The first-order chi connectivity index (χ1) is 11.7. The van der Waals surface area contributed by atoms with Gasteiger partial charge in [0.05, 0.1) is 5.56 Å². The van der Waals surface area contributed by atoms with E-state index in [0.717, 1.165) is 24.3 Å². The van der Waals surface area contributed by atoms with Crippen LogP contribution in [0.4, 0.5) is 4.39 Å². The van der Waals surface area contributed by atoms with Gasteiger partial charge < -0.3 is 0 Å². The SMILES string of the molecule is CCCCCC1CCC2=C(CCC(c3ccc(C#N)c(F)c3)C2)C1. The quantitative estimate of drug-likeness (QED) is 0.439. The second-order valence-electron chi connectivity index (χ2n) is 7.60. The van der Waals surface area contributed by atoms with E-state index in [-0.39, 0.29) is 11.4 Å². The van der Waals surface area contributed by atoms with Gasteiger partial charge in [-0.25, -0.2) is 4.39 Å². The highest BCUT2D eigenvalue weighted by Crippen LogP contribution is 2.44. The van der Waals surface area contributed by atoms with Gasteiger partial charge in [-0.1, -0.05) is 49.8 Å². The van der Waals surface area contributed by atoms with Gasteiger partial charge in [0.15, 0.2) is 0 Å². The maximum atomic E-state index is 13.9. The van der Waals surface area contributed by atoms with E-state index in [4.69, 9.17) is 5.26 Å². The molecule has 0 radical (unpaired) electrons. The molecule has 0 fully saturated rings. The summed E-state index contributed by atoms with van der Waals surface area (Å²) in [6.07, 6.45) is 12.8. The van der Waals surface area contributed by atoms with Crippen molar-refractivity contribution in [3.63, 3.8) is 0 Å². The number of hydrogen-bond donors (Lipinski definition) is 0. The van der Waals surface area contributed by atoms with E-state index in [9.17, 15) is 4.39 Å². The number of nitriles is 1. The Morgan fingerprint density at radius 3 is 2.67 bits per heavy atom. The normalized spacial score (nSPS) is 23.7. The molecule has 0 bridgehead atoms. The first-order valence-electron chi connectivity index (χ1n) is 9.60. The third-order valence-electron chi connectivity index (χ3n) is 5.98. The lowest BCUT2D eigenvalue weighted by Crippen LogP contribution is -2.17. The summed E-state index contributed by atoms with van der Waals surface area (Å²) >= 11 is 0. The van der Waals surface area contributed by atoms with Crippen molar-refractivity contribution in [3.8, 4) is 6.07 Å². The second-order valence-corrected chi connectivity index (χ2v) is 7.60. The van der Waals surface area contributed by atoms with Gasteiger partial charge in [0.1, 0.15) is 11.9 Å². The van der Waals surface area contributed by atoms with E-state index < -0.39 is 0 Å². The van der Waals surface area contributed by atoms with Crippen LogP contribution in [0.15, 0.2) is 29.3 Å². The molecule has 3 rings (SSSR count). The van der Waals surface area contributed by atoms with Crippen molar-refractivity contribution in [2.45, 2.75) is 77.0 Å². The lowest BCUT2D eigenvalue weighted by molar-refractivity contribution is 0.377. The molecule has 2 aliphatic rings. The highest BCUT2D eigenvalue weighted by atomic mass is 19.1. The summed E-state index contributed by atoms with van der Waals surface area (Å²) in [6.45, 7) is 2.27. The molecule has 0 N–H and O–H groups in total. The fourth-order valence-corrected chi connectivity index (χ4v) is 4.51. The van der Waals surface area contributed by atoms with E-state index in [0.29, 0.717) is 5.92 Å². The minimum atomic E-state index is -0.366. The zero-order chi connectivity index (χ0) is 16.9. The van der Waals surface area contributed by atoms with Gasteiger partial charge in [0, 0.05) is 0 Å². The molecule has 2 heteroatoms. The van der Waals surface area contributed by atoms with Crippen LogP contribution in [0.5, 0.6) is 0 Å². The molecule has 1 aromatic rings. The van der Waals surface area contributed by atoms with Crippen LogP contribution in [-0.2, 0) is 0 Å². The van der Waals surface area contributed by atoms with Gasteiger partial charge in [0.25, 0.3) is 0 Å². The summed E-state index contributed by atoms with van der Waals surface area (Å²) in [5.41, 5.74) is 4.60. The third-order valence-corrected chi connectivity index (χ3v) is 5.98. The standard InChI is InChI=1S/C22H28FN/c1-2-3-4-5-16-6-7-18-13-19(9-8-17(18)12-16)20-10-11-21(15-24)22(23)14-20/h10-11,14,16,19H,2-9,12-13H2,1H3. The van der Waals surface area contributed by atoms with E-state index in [1.165, 1.54) is 51.4 Å². The smallest absolute Gasteiger partial charge is 0.141 e. The number of rotatable bonds is 5. The predicted molar refractivity (Wildman–Crippen MR) is 96.2 cm³/mol. The molecule has 0 aliphatic heterocycles. The Kier molecular flexibility index (Phi) is 5.72. The van der Waals surface area contributed by atoms with Crippen LogP contribution in [0.3, 0.4) is 0 Å². The lowest BCUT2D eigenvalue weighted by atomic mass is 9.71. The molecule has 2 atom stereocenters. The number of nitrogens with zero attached hydrogens (tertiary/aromatic N) is 1. The van der Waals surface area contributed by atoms with Gasteiger partial charge in [-0.2, -0.15) is 5.26 Å². The molecule has 1 aromatic carbocycles. The van der Waals surface area contributed by atoms with Crippen LogP contribution in [0, 0.1) is 23.1 Å². The zero-order valence-corrected chi connectivity index (χ0v) is 14.8. The Bertz CT molecular complexity index is 652. The van der Waals surface area contributed by atoms with Crippen LogP contribution in [0.1, 0.15) is 88.2 Å². The third kappa shape index (κ3) is 3.89. The Morgan fingerprint density at radius 1 is 1.12 bits per heavy atom. The molecule has 1 nitrogen and oxygen atoms in total. The summed E-state index contributed by atoms with van der Waals surface area (Å²) in [4.78, 5) is 0. The topological polar surface area (TPSA) is 23.8 Å². The molecule has 0 amide bonds. The zero-order valence-electron chi connectivity index (χ0n) is 14.8. The lowest BCUT2D eigenvalue weighted by Gasteiger charge is -2.34. The van der Waals surface area contributed by atoms with Gasteiger partial charge in [-0.3, -0.25) is 0 Å². The Labute approximate surface area is 145 Å². The molecule has 2 unspecified atom stereocenters. The predicted octanol–water partition coefficient (Wildman–Crippen LogP) is 6.64. The molecule has 0 saturated heterocycles. The van der Waals surface area contributed by atoms with Crippen molar-refractivity contribution < 1.29 is 4.39 Å². The molecule has 2 aliphatic carbocycles. The minimum absolute atomic E-state index is 0.155. The summed E-state index contributed by atoms with van der Waals surface area (Å²) in [5, 5.41) is 8.88. The Morgan fingerprint density at radius 2 is 1.92 bits per heavy atom. The molecule has 0 spiro atoms. The monoisotopic (exact) mass is 325 g/mol. The number of hydrogen-bond acceptors (Lipinski definition) is 1. The van der Waals surface area contributed by atoms with Crippen LogP contribution in [0.2, 0.25) is 0 Å². The van der Waals surface area contributed by atoms with E-state index in [1.807, 2.05) is 12.1 Å². The molecular weight excluding hydrogens is 297 g/mol. The maximum Gasteiger partial charge on any atom is 0.141 e. The first kappa shape index (κ1) is 17.2. The molecule has 0 heterocycles. The summed E-state index contributed by atoms with van der Waals surface area (Å²) in [5.74, 6) is 0.969. The molecule has 0 aromatic heterocycles. The summed E-state index contributed by atoms with van der Waals surface area (Å²) in [7, 11) is 0. The molecule has 0 saturated carbocycles. The number of unbranched alkanes of at least 4 members (excludes halogenated alkanes) is 2. The van der Waals surface area contributed by atoms with Crippen LogP contribution in [0.25, 0.3) is 0 Å². The molecule has 24 heavy (non-hydrogen) atoms. The van der Waals surface area contributed by atoms with Gasteiger partial charge in [0.2, 0.25) is 0 Å². The minimum Gasteiger partial charge on any atom is -0.206 e. The van der Waals surface area contributed by atoms with Crippen molar-refractivity contribution >= 4 is 0 Å². The van der Waals surface area contributed by atoms with Gasteiger partial charge >= 0.3 is 0 Å². The average Bonchev–Trinajstić information content (AvgIpc) is 2.61. The van der Waals surface area contributed by atoms with Crippen molar-refractivity contribution in [1.29, 1.82) is 5.26 Å². The van der Waals surface area contributed by atoms with Gasteiger partial charge in [-0.15, -0.1) is 0 Å². The largest absolute Gasteiger partial charge is 0.206 e. The molecule has 128 valence electrons. The highest BCUT2D eigenvalue weighted by molar-refractivity contribution is 5.36. The van der Waals surface area contributed by atoms with Crippen LogP contribution >= 0.6 is 0 Å². The Hall–Kier alpha value is -1.62. The number of halogens is 1. The van der Waals surface area contributed by atoms with Gasteiger partial charge in [-0.05, 0) is 68.1 Å². The first-order valence-corrected chi connectivity index (χ1v) is 9.60. The van der Waals surface area contributed by atoms with E-state index in [1.54, 1.807) is 23.3 Å². The Balaban J connectivity index is 1.63. The number of allylic oxidation sites excluding steroid dienone is 2. The van der Waals surface area contributed by atoms with E-state index in [2.05, 4.69) is 6.92 Å². The summed E-state index contributed by atoms with van der Waals surface area (Å²) in [6, 6.07) is 7.09. The fourth-order valence-electron chi connectivity index (χ4n) is 4.51. The fraction of sp³-hybridized carbons (Fsp3) is 0.591. The van der Waals surface area contributed by atoms with Crippen LogP contribution < -0.4 is 0 Å². The molecular formula is C22H28FN. The van der Waals surface area contributed by atoms with Crippen molar-refractivity contribution in [3.05, 3.63) is 46.3 Å². The highest BCUT2D eigenvalue weighted by Gasteiger charge is 2.27. The second kappa shape index (κ2) is 7.97.